The van der Waals surface area contributed by atoms with Gasteiger partial charge in [0.1, 0.15) is 0 Å². The van der Waals surface area contributed by atoms with Gasteiger partial charge in [-0.15, -0.1) is 0 Å². The monoisotopic (exact) mass is 396 g/mol. The minimum atomic E-state index is 0.850. The van der Waals surface area contributed by atoms with Gasteiger partial charge in [-0.25, -0.2) is 0 Å². The van der Waals surface area contributed by atoms with Crippen LogP contribution < -0.4 is 0 Å². The van der Waals surface area contributed by atoms with Gasteiger partial charge in [0.05, 0.1) is 5.69 Å². The van der Waals surface area contributed by atoms with Crippen molar-refractivity contribution < 1.29 is 0 Å². The molecule has 31 heavy (non-hydrogen) atoms. The zero-order valence-electron chi connectivity index (χ0n) is 17.0. The summed E-state index contributed by atoms with van der Waals surface area (Å²) in [7, 11) is 0. The summed E-state index contributed by atoms with van der Waals surface area (Å²) in [5, 5.41) is 7.82. The first kappa shape index (κ1) is 17.8. The van der Waals surface area contributed by atoms with Crippen molar-refractivity contribution in [3.8, 4) is 11.3 Å². The van der Waals surface area contributed by atoms with Gasteiger partial charge in [0.15, 0.2) is 0 Å². The fourth-order valence-electron chi connectivity index (χ4n) is 4.52. The normalized spacial score (nSPS) is 11.4. The van der Waals surface area contributed by atoms with Crippen LogP contribution in [0.4, 0.5) is 0 Å². The molecule has 0 saturated carbocycles. The number of pyridine rings is 2. The Morgan fingerprint density at radius 1 is 0.581 bits per heavy atom. The average Bonchev–Trinajstić information content (AvgIpc) is 2.85. The van der Waals surface area contributed by atoms with Crippen LogP contribution in [0, 0.1) is 0 Å². The van der Waals surface area contributed by atoms with Crippen molar-refractivity contribution in [2.24, 2.45) is 0 Å². The van der Waals surface area contributed by atoms with Crippen molar-refractivity contribution in [2.45, 2.75) is 6.42 Å². The number of fused-ring (bicyclic) bond motifs is 5. The van der Waals surface area contributed by atoms with E-state index in [1.807, 2.05) is 18.3 Å². The molecule has 0 aliphatic rings. The number of nitrogens with zero attached hydrogens (tertiary/aromatic N) is 2. The average molecular weight is 396 g/mol. The van der Waals surface area contributed by atoms with Crippen molar-refractivity contribution in [1.82, 2.24) is 9.97 Å². The Morgan fingerprint density at radius 2 is 1.32 bits per heavy atom. The van der Waals surface area contributed by atoms with E-state index in [-0.39, 0.29) is 0 Å². The first-order valence-corrected chi connectivity index (χ1v) is 10.5. The second-order valence-corrected chi connectivity index (χ2v) is 7.93. The fourth-order valence-corrected chi connectivity index (χ4v) is 4.52. The van der Waals surface area contributed by atoms with Crippen LogP contribution in [-0.2, 0) is 6.42 Å². The van der Waals surface area contributed by atoms with E-state index in [1.165, 1.54) is 43.4 Å². The highest BCUT2D eigenvalue weighted by Crippen LogP contribution is 2.34. The molecule has 0 spiro atoms. The minimum absolute atomic E-state index is 0.850. The molecule has 0 aliphatic heterocycles. The van der Waals surface area contributed by atoms with Crippen molar-refractivity contribution in [1.29, 1.82) is 0 Å². The molecule has 2 heteroatoms. The molecule has 0 atom stereocenters. The highest BCUT2D eigenvalue weighted by atomic mass is 14.7. The molecule has 0 radical (unpaired) electrons. The second kappa shape index (κ2) is 7.33. The highest BCUT2D eigenvalue weighted by Gasteiger charge is 2.10. The predicted octanol–water partition coefficient (Wildman–Crippen LogP) is 7.19. The van der Waals surface area contributed by atoms with E-state index < -0.39 is 0 Å². The lowest BCUT2D eigenvalue weighted by Crippen LogP contribution is -1.94. The van der Waals surface area contributed by atoms with Gasteiger partial charge in [-0.2, -0.15) is 0 Å². The number of hydrogen-bond donors (Lipinski definition) is 0. The maximum atomic E-state index is 4.71. The Hall–Kier alpha value is -4.04. The topological polar surface area (TPSA) is 25.8 Å². The Kier molecular flexibility index (Phi) is 4.21. The van der Waals surface area contributed by atoms with Gasteiger partial charge >= 0.3 is 0 Å². The van der Waals surface area contributed by atoms with Crippen LogP contribution in [0.15, 0.2) is 110 Å². The SMILES string of the molecule is c1ccc2c(c1)ccc1c3ccccc3c(Cc3ccc(-c4ccncc4)nc3)cc21. The first-order chi connectivity index (χ1) is 15.4. The van der Waals surface area contributed by atoms with Crippen molar-refractivity contribution in [3.05, 3.63) is 121 Å². The Morgan fingerprint density at radius 3 is 2.13 bits per heavy atom. The molecule has 0 saturated heterocycles. The standard InChI is InChI=1S/C29H20N2/c1-2-6-24-21(5-1)10-11-27-26-8-4-3-7-25(26)23(18-28(24)27)17-20-9-12-29(31-19-20)22-13-15-30-16-14-22/h1-16,18-19H,17H2. The summed E-state index contributed by atoms with van der Waals surface area (Å²) in [6, 6.07) is 32.5. The molecular weight excluding hydrogens is 376 g/mol. The van der Waals surface area contributed by atoms with Gasteiger partial charge in [-0.05, 0) is 74.1 Å². The lowest BCUT2D eigenvalue weighted by Gasteiger charge is -2.13. The number of hydrogen-bond acceptors (Lipinski definition) is 2. The summed E-state index contributed by atoms with van der Waals surface area (Å²) >= 11 is 0. The van der Waals surface area contributed by atoms with Gasteiger partial charge in [0.2, 0.25) is 0 Å². The largest absolute Gasteiger partial charge is 0.265 e. The lowest BCUT2D eigenvalue weighted by molar-refractivity contribution is 1.16. The molecule has 2 nitrogen and oxygen atoms in total. The first-order valence-electron chi connectivity index (χ1n) is 10.5. The van der Waals surface area contributed by atoms with E-state index in [2.05, 4.69) is 83.8 Å². The van der Waals surface area contributed by atoms with Gasteiger partial charge in [0.25, 0.3) is 0 Å². The van der Waals surface area contributed by atoms with Crippen molar-refractivity contribution in [2.75, 3.05) is 0 Å². The molecule has 0 amide bonds. The molecule has 0 aliphatic carbocycles. The summed E-state index contributed by atoms with van der Waals surface area (Å²) < 4.78 is 0. The van der Waals surface area contributed by atoms with E-state index in [0.717, 1.165) is 17.7 Å². The minimum Gasteiger partial charge on any atom is -0.265 e. The predicted molar refractivity (Wildman–Crippen MR) is 129 cm³/mol. The summed E-state index contributed by atoms with van der Waals surface area (Å²) in [6.45, 7) is 0. The van der Waals surface area contributed by atoms with E-state index in [9.17, 15) is 0 Å². The molecule has 6 rings (SSSR count). The molecular formula is C29H20N2. The molecule has 2 aromatic heterocycles. The third-order valence-electron chi connectivity index (χ3n) is 6.05. The summed E-state index contributed by atoms with van der Waals surface area (Å²) in [5.41, 5.74) is 4.60. The molecule has 0 fully saturated rings. The van der Waals surface area contributed by atoms with Gasteiger partial charge in [-0.3, -0.25) is 9.97 Å². The van der Waals surface area contributed by atoms with E-state index in [1.54, 1.807) is 12.4 Å². The van der Waals surface area contributed by atoms with Gasteiger partial charge in [0, 0.05) is 24.2 Å². The Bertz CT molecular complexity index is 1530. The van der Waals surface area contributed by atoms with Crippen molar-refractivity contribution >= 4 is 32.3 Å². The number of aromatic nitrogens is 2. The van der Waals surface area contributed by atoms with Crippen LogP contribution >= 0.6 is 0 Å². The van der Waals surface area contributed by atoms with Crippen LogP contribution in [-0.4, -0.2) is 9.97 Å². The lowest BCUT2D eigenvalue weighted by atomic mass is 9.91. The molecule has 0 unspecified atom stereocenters. The Balaban J connectivity index is 1.49. The molecule has 2 heterocycles. The fraction of sp³-hybridized carbons (Fsp3) is 0.0345. The zero-order valence-corrected chi connectivity index (χ0v) is 17.0. The molecule has 4 aromatic carbocycles. The molecule has 0 bridgehead atoms. The maximum absolute atomic E-state index is 4.71. The molecule has 6 aromatic rings. The third-order valence-corrected chi connectivity index (χ3v) is 6.05. The van der Waals surface area contributed by atoms with Crippen LogP contribution in [0.25, 0.3) is 43.6 Å². The third kappa shape index (κ3) is 3.13. The van der Waals surface area contributed by atoms with Crippen LogP contribution in [0.1, 0.15) is 11.1 Å². The highest BCUT2D eigenvalue weighted by molar-refractivity contribution is 6.18. The van der Waals surface area contributed by atoms with Crippen LogP contribution in [0.5, 0.6) is 0 Å². The van der Waals surface area contributed by atoms with Crippen LogP contribution in [0.2, 0.25) is 0 Å². The summed E-state index contributed by atoms with van der Waals surface area (Å²) in [5.74, 6) is 0. The van der Waals surface area contributed by atoms with E-state index in [4.69, 9.17) is 4.98 Å². The zero-order chi connectivity index (χ0) is 20.6. The smallest absolute Gasteiger partial charge is 0.0703 e. The number of rotatable bonds is 3. The van der Waals surface area contributed by atoms with Crippen LogP contribution in [0.3, 0.4) is 0 Å². The second-order valence-electron chi connectivity index (χ2n) is 7.93. The van der Waals surface area contributed by atoms with E-state index >= 15 is 0 Å². The Labute approximate surface area is 180 Å². The van der Waals surface area contributed by atoms with Gasteiger partial charge < -0.3 is 0 Å². The quantitative estimate of drug-likeness (QED) is 0.296. The summed E-state index contributed by atoms with van der Waals surface area (Å²) in [4.78, 5) is 8.80. The molecule has 0 N–H and O–H groups in total. The molecule has 146 valence electrons. The van der Waals surface area contributed by atoms with Gasteiger partial charge in [-0.1, -0.05) is 66.7 Å². The maximum Gasteiger partial charge on any atom is 0.0703 e. The van der Waals surface area contributed by atoms with E-state index in [0.29, 0.717) is 0 Å². The summed E-state index contributed by atoms with van der Waals surface area (Å²) in [6.07, 6.45) is 6.45. The number of benzene rings is 4. The van der Waals surface area contributed by atoms with Crippen molar-refractivity contribution in [3.63, 3.8) is 0 Å².